The fraction of sp³-hybridized carbons (Fsp3) is 0.538. The summed E-state index contributed by atoms with van der Waals surface area (Å²) in [5, 5.41) is 3.22. The van der Waals surface area contributed by atoms with Gasteiger partial charge < -0.3 is 10.1 Å². The van der Waals surface area contributed by atoms with E-state index in [0.29, 0.717) is 6.04 Å². The summed E-state index contributed by atoms with van der Waals surface area (Å²) < 4.78 is 5.65. The molecule has 0 aliphatic rings. The summed E-state index contributed by atoms with van der Waals surface area (Å²) in [6, 6.07) is 8.66. The van der Waals surface area contributed by atoms with Crippen LogP contribution in [0.15, 0.2) is 24.3 Å². The zero-order chi connectivity index (χ0) is 11.1. The maximum atomic E-state index is 5.65. The first-order valence-corrected chi connectivity index (χ1v) is 5.68. The highest BCUT2D eigenvalue weighted by molar-refractivity contribution is 5.30. The fourth-order valence-corrected chi connectivity index (χ4v) is 1.37. The minimum atomic E-state index is 0.375. The number of hydrogen-bond acceptors (Lipinski definition) is 2. The third-order valence-corrected chi connectivity index (χ3v) is 2.56. The SMILES string of the molecule is CCCCOc1cccc([C@H](C)NC)c1. The van der Waals surface area contributed by atoms with E-state index in [4.69, 9.17) is 4.74 Å². The summed E-state index contributed by atoms with van der Waals surface area (Å²) in [7, 11) is 1.97. The second-order valence-electron chi connectivity index (χ2n) is 3.78. The Balaban J connectivity index is 2.57. The number of hydrogen-bond donors (Lipinski definition) is 1. The molecule has 0 radical (unpaired) electrons. The average molecular weight is 207 g/mol. The lowest BCUT2D eigenvalue weighted by Crippen LogP contribution is -2.12. The van der Waals surface area contributed by atoms with Crippen molar-refractivity contribution < 1.29 is 4.74 Å². The first-order chi connectivity index (χ1) is 7.27. The Kier molecular flexibility index (Phi) is 5.19. The normalized spacial score (nSPS) is 12.5. The van der Waals surface area contributed by atoms with Crippen LogP contribution < -0.4 is 10.1 Å². The van der Waals surface area contributed by atoms with Gasteiger partial charge in [0.05, 0.1) is 6.61 Å². The second kappa shape index (κ2) is 6.46. The van der Waals surface area contributed by atoms with Crippen LogP contribution >= 0.6 is 0 Å². The van der Waals surface area contributed by atoms with Crippen LogP contribution in [0.25, 0.3) is 0 Å². The van der Waals surface area contributed by atoms with Crippen molar-refractivity contribution in [2.75, 3.05) is 13.7 Å². The van der Waals surface area contributed by atoms with Crippen LogP contribution in [0.3, 0.4) is 0 Å². The molecule has 0 aliphatic heterocycles. The van der Waals surface area contributed by atoms with E-state index in [1.54, 1.807) is 0 Å². The molecule has 84 valence electrons. The van der Waals surface area contributed by atoms with Gasteiger partial charge in [-0.15, -0.1) is 0 Å². The maximum Gasteiger partial charge on any atom is 0.119 e. The summed E-state index contributed by atoms with van der Waals surface area (Å²) in [6.45, 7) is 5.13. The number of unbranched alkanes of at least 4 members (excludes halogenated alkanes) is 1. The lowest BCUT2D eigenvalue weighted by molar-refractivity contribution is 0.309. The maximum absolute atomic E-state index is 5.65. The van der Waals surface area contributed by atoms with Crippen LogP contribution in [0.1, 0.15) is 38.3 Å². The minimum Gasteiger partial charge on any atom is -0.494 e. The Morgan fingerprint density at radius 2 is 2.20 bits per heavy atom. The molecule has 0 saturated carbocycles. The predicted molar refractivity (Wildman–Crippen MR) is 64.3 cm³/mol. The van der Waals surface area contributed by atoms with Gasteiger partial charge in [-0.1, -0.05) is 25.5 Å². The second-order valence-corrected chi connectivity index (χ2v) is 3.78. The molecule has 0 spiro atoms. The van der Waals surface area contributed by atoms with Gasteiger partial charge in [-0.05, 0) is 38.1 Å². The fourth-order valence-electron chi connectivity index (χ4n) is 1.37. The Morgan fingerprint density at radius 3 is 2.87 bits per heavy atom. The van der Waals surface area contributed by atoms with E-state index in [9.17, 15) is 0 Å². The zero-order valence-corrected chi connectivity index (χ0v) is 9.92. The third kappa shape index (κ3) is 3.92. The molecule has 1 aromatic carbocycles. The van der Waals surface area contributed by atoms with Gasteiger partial charge in [0.15, 0.2) is 0 Å². The standard InChI is InChI=1S/C13H21NO/c1-4-5-9-15-13-8-6-7-12(10-13)11(2)14-3/h6-8,10-11,14H,4-5,9H2,1-3H3/t11-/m0/s1. The molecule has 0 amide bonds. The Labute approximate surface area is 92.6 Å². The van der Waals surface area contributed by atoms with Crippen LogP contribution in [0, 0.1) is 0 Å². The van der Waals surface area contributed by atoms with E-state index in [2.05, 4.69) is 31.3 Å². The van der Waals surface area contributed by atoms with Crippen LogP contribution in [0.5, 0.6) is 5.75 Å². The van der Waals surface area contributed by atoms with Gasteiger partial charge in [0.25, 0.3) is 0 Å². The molecular formula is C13H21NO. The molecule has 1 rings (SSSR count). The van der Waals surface area contributed by atoms with Crippen molar-refractivity contribution in [2.45, 2.75) is 32.7 Å². The van der Waals surface area contributed by atoms with E-state index in [0.717, 1.165) is 18.8 Å². The first-order valence-electron chi connectivity index (χ1n) is 5.68. The van der Waals surface area contributed by atoms with Crippen molar-refractivity contribution in [1.82, 2.24) is 5.32 Å². The van der Waals surface area contributed by atoms with Crippen molar-refractivity contribution in [3.05, 3.63) is 29.8 Å². The number of ether oxygens (including phenoxy) is 1. The quantitative estimate of drug-likeness (QED) is 0.723. The van der Waals surface area contributed by atoms with Crippen molar-refractivity contribution >= 4 is 0 Å². The molecule has 2 heteroatoms. The van der Waals surface area contributed by atoms with Gasteiger partial charge in [-0.3, -0.25) is 0 Å². The van der Waals surface area contributed by atoms with Crippen LogP contribution in [0.2, 0.25) is 0 Å². The van der Waals surface area contributed by atoms with Crippen molar-refractivity contribution in [1.29, 1.82) is 0 Å². The molecule has 15 heavy (non-hydrogen) atoms. The molecule has 0 aromatic heterocycles. The molecule has 0 fully saturated rings. The highest BCUT2D eigenvalue weighted by Gasteiger charge is 2.03. The zero-order valence-electron chi connectivity index (χ0n) is 9.92. The highest BCUT2D eigenvalue weighted by Crippen LogP contribution is 2.18. The lowest BCUT2D eigenvalue weighted by atomic mass is 10.1. The van der Waals surface area contributed by atoms with Crippen molar-refractivity contribution in [3.63, 3.8) is 0 Å². The monoisotopic (exact) mass is 207 g/mol. The molecule has 0 aliphatic carbocycles. The van der Waals surface area contributed by atoms with Gasteiger partial charge >= 0.3 is 0 Å². The summed E-state index contributed by atoms with van der Waals surface area (Å²) in [6.07, 6.45) is 2.29. The number of rotatable bonds is 6. The number of nitrogens with one attached hydrogen (secondary N) is 1. The molecule has 0 unspecified atom stereocenters. The molecule has 1 N–H and O–H groups in total. The van der Waals surface area contributed by atoms with E-state index in [-0.39, 0.29) is 0 Å². The predicted octanol–water partition coefficient (Wildman–Crippen LogP) is 3.15. The molecule has 0 saturated heterocycles. The summed E-state index contributed by atoms with van der Waals surface area (Å²) in [5.41, 5.74) is 1.27. The molecule has 1 aromatic rings. The summed E-state index contributed by atoms with van der Waals surface area (Å²) in [4.78, 5) is 0. The van der Waals surface area contributed by atoms with Crippen molar-refractivity contribution in [3.8, 4) is 5.75 Å². The van der Waals surface area contributed by atoms with Crippen LogP contribution in [-0.2, 0) is 0 Å². The Morgan fingerprint density at radius 1 is 1.40 bits per heavy atom. The van der Waals surface area contributed by atoms with E-state index in [1.165, 1.54) is 12.0 Å². The van der Waals surface area contributed by atoms with Gasteiger partial charge in [-0.25, -0.2) is 0 Å². The molecule has 0 bridgehead atoms. The average Bonchev–Trinajstić information content (AvgIpc) is 2.29. The van der Waals surface area contributed by atoms with Gasteiger partial charge in [0.2, 0.25) is 0 Å². The van der Waals surface area contributed by atoms with Crippen LogP contribution in [0.4, 0.5) is 0 Å². The molecule has 2 nitrogen and oxygen atoms in total. The summed E-state index contributed by atoms with van der Waals surface area (Å²) in [5.74, 6) is 0.975. The molecular weight excluding hydrogens is 186 g/mol. The van der Waals surface area contributed by atoms with Crippen LogP contribution in [-0.4, -0.2) is 13.7 Å². The smallest absolute Gasteiger partial charge is 0.119 e. The first kappa shape index (κ1) is 12.1. The topological polar surface area (TPSA) is 21.3 Å². The van der Waals surface area contributed by atoms with Gasteiger partial charge in [0, 0.05) is 6.04 Å². The van der Waals surface area contributed by atoms with E-state index in [1.807, 2.05) is 19.2 Å². The summed E-state index contributed by atoms with van der Waals surface area (Å²) >= 11 is 0. The van der Waals surface area contributed by atoms with Crippen molar-refractivity contribution in [2.24, 2.45) is 0 Å². The third-order valence-electron chi connectivity index (χ3n) is 2.56. The molecule has 0 heterocycles. The lowest BCUT2D eigenvalue weighted by Gasteiger charge is -2.12. The van der Waals surface area contributed by atoms with E-state index < -0.39 is 0 Å². The minimum absolute atomic E-state index is 0.375. The number of benzene rings is 1. The molecule has 1 atom stereocenters. The Hall–Kier alpha value is -1.02. The largest absolute Gasteiger partial charge is 0.494 e. The van der Waals surface area contributed by atoms with Gasteiger partial charge in [-0.2, -0.15) is 0 Å². The highest BCUT2D eigenvalue weighted by atomic mass is 16.5. The van der Waals surface area contributed by atoms with E-state index >= 15 is 0 Å². The van der Waals surface area contributed by atoms with Gasteiger partial charge in [0.1, 0.15) is 5.75 Å². The Bertz CT molecular complexity index is 286.